The van der Waals surface area contributed by atoms with Gasteiger partial charge in [0, 0.05) is 12.1 Å². The van der Waals surface area contributed by atoms with Gasteiger partial charge in [-0.1, -0.05) is 48.5 Å². The molecule has 0 aliphatic carbocycles. The number of imide groups is 1. The van der Waals surface area contributed by atoms with Crippen LogP contribution in [-0.2, 0) is 21.0 Å². The third kappa shape index (κ3) is 3.58. The van der Waals surface area contributed by atoms with Gasteiger partial charge in [0.05, 0.1) is 23.2 Å². The van der Waals surface area contributed by atoms with Crippen LogP contribution in [0.25, 0.3) is 0 Å². The molecule has 2 fully saturated rings. The van der Waals surface area contributed by atoms with Crippen LogP contribution in [-0.4, -0.2) is 32.8 Å². The number of phenolic OH excluding ortho intramolecular Hbond substituents is 1. The summed E-state index contributed by atoms with van der Waals surface area (Å²) in [6.07, 6.45) is -1.06. The Morgan fingerprint density at radius 1 is 0.939 bits per heavy atom. The van der Waals surface area contributed by atoms with Crippen molar-refractivity contribution in [3.8, 4) is 5.75 Å². The van der Waals surface area contributed by atoms with Gasteiger partial charge >= 0.3 is 0 Å². The van der Waals surface area contributed by atoms with Crippen LogP contribution in [0.2, 0.25) is 0 Å². The quantitative estimate of drug-likeness (QED) is 0.364. The second-order valence-electron chi connectivity index (χ2n) is 7.94. The fraction of sp³-hybridized carbons (Fsp3) is 0.167. The number of non-ortho nitro benzene ring substituents is 1. The molecule has 0 aromatic heterocycles. The molecule has 9 nitrogen and oxygen atoms in total. The fourth-order valence-electron chi connectivity index (χ4n) is 4.37. The number of anilines is 1. The average Bonchev–Trinajstić information content (AvgIpc) is 3.32. The highest BCUT2D eigenvalue weighted by molar-refractivity contribution is 6.07. The van der Waals surface area contributed by atoms with E-state index in [9.17, 15) is 24.8 Å². The van der Waals surface area contributed by atoms with E-state index in [1.54, 1.807) is 18.2 Å². The molecule has 2 aliphatic rings. The number of benzene rings is 3. The van der Waals surface area contributed by atoms with Crippen molar-refractivity contribution >= 4 is 23.2 Å². The summed E-state index contributed by atoms with van der Waals surface area (Å²) in [7, 11) is 0. The summed E-state index contributed by atoms with van der Waals surface area (Å²) < 4.78 is 0. The first-order valence-corrected chi connectivity index (χ1v) is 10.3. The van der Waals surface area contributed by atoms with Crippen molar-refractivity contribution in [2.24, 2.45) is 5.92 Å². The van der Waals surface area contributed by atoms with Crippen LogP contribution in [0.5, 0.6) is 5.75 Å². The molecule has 2 aliphatic heterocycles. The van der Waals surface area contributed by atoms with Crippen LogP contribution in [0.4, 0.5) is 11.4 Å². The number of rotatable bonds is 5. The smallest absolute Gasteiger partial charge is 0.271 e. The Morgan fingerprint density at radius 2 is 1.67 bits per heavy atom. The van der Waals surface area contributed by atoms with Gasteiger partial charge in [-0.3, -0.25) is 29.4 Å². The maximum absolute atomic E-state index is 13.4. The number of fused-ring (bicyclic) bond motifs is 1. The lowest BCUT2D eigenvalue weighted by Gasteiger charge is -2.28. The van der Waals surface area contributed by atoms with Gasteiger partial charge in [-0.25, -0.2) is 5.06 Å². The molecule has 0 bridgehead atoms. The Labute approximate surface area is 188 Å². The van der Waals surface area contributed by atoms with Gasteiger partial charge in [-0.15, -0.1) is 0 Å². The minimum absolute atomic E-state index is 0.0515. The van der Waals surface area contributed by atoms with Gasteiger partial charge < -0.3 is 5.11 Å². The van der Waals surface area contributed by atoms with Gasteiger partial charge in [0.25, 0.3) is 11.6 Å². The first kappa shape index (κ1) is 20.7. The number of hydroxylamine groups is 1. The Morgan fingerprint density at radius 3 is 2.36 bits per heavy atom. The zero-order chi connectivity index (χ0) is 23.1. The number of hydrogen-bond acceptors (Lipinski definition) is 7. The molecule has 3 aromatic carbocycles. The average molecular weight is 445 g/mol. The lowest BCUT2D eigenvalue weighted by Crippen LogP contribution is -2.36. The van der Waals surface area contributed by atoms with Gasteiger partial charge in [-0.2, -0.15) is 0 Å². The third-order valence-electron chi connectivity index (χ3n) is 5.92. The molecule has 0 unspecified atom stereocenters. The molecule has 2 heterocycles. The second kappa shape index (κ2) is 8.03. The maximum atomic E-state index is 13.4. The summed E-state index contributed by atoms with van der Waals surface area (Å²) in [5.41, 5.74) is 1.67. The molecule has 2 amide bonds. The number of nitrogens with zero attached hydrogens (tertiary/aromatic N) is 3. The Hall–Kier alpha value is -4.24. The summed E-state index contributed by atoms with van der Waals surface area (Å²) in [4.78, 5) is 44.6. The molecule has 33 heavy (non-hydrogen) atoms. The van der Waals surface area contributed by atoms with Crippen LogP contribution in [0.3, 0.4) is 0 Å². The zero-order valence-electron chi connectivity index (χ0n) is 17.3. The van der Waals surface area contributed by atoms with E-state index in [0.29, 0.717) is 11.3 Å². The number of carbonyl (C=O) groups excluding carboxylic acids is 2. The van der Waals surface area contributed by atoms with Crippen molar-refractivity contribution in [3.63, 3.8) is 0 Å². The Kier molecular flexibility index (Phi) is 5.02. The second-order valence-corrected chi connectivity index (χ2v) is 7.94. The minimum atomic E-state index is -1.06. The molecule has 166 valence electrons. The molecule has 0 saturated carbocycles. The fourth-order valence-corrected chi connectivity index (χ4v) is 4.37. The number of hydrogen-bond donors (Lipinski definition) is 1. The van der Waals surface area contributed by atoms with E-state index in [2.05, 4.69) is 0 Å². The van der Waals surface area contributed by atoms with Crippen LogP contribution in [0.15, 0.2) is 78.9 Å². The van der Waals surface area contributed by atoms with E-state index in [1.807, 2.05) is 30.3 Å². The molecular weight excluding hydrogens is 426 g/mol. The third-order valence-corrected chi connectivity index (χ3v) is 5.92. The number of amides is 2. The molecule has 1 N–H and O–H groups in total. The summed E-state index contributed by atoms with van der Waals surface area (Å²) in [5, 5.41) is 22.4. The molecule has 3 atom stereocenters. The zero-order valence-corrected chi connectivity index (χ0v) is 17.3. The van der Waals surface area contributed by atoms with Crippen molar-refractivity contribution in [2.45, 2.75) is 18.7 Å². The van der Waals surface area contributed by atoms with E-state index in [4.69, 9.17) is 4.84 Å². The summed E-state index contributed by atoms with van der Waals surface area (Å²) in [6.45, 7) is 0.133. The van der Waals surface area contributed by atoms with E-state index in [0.717, 1.165) is 5.56 Å². The maximum Gasteiger partial charge on any atom is 0.271 e. The number of phenols is 1. The molecule has 5 rings (SSSR count). The van der Waals surface area contributed by atoms with Gasteiger partial charge in [-0.05, 0) is 29.3 Å². The standard InChI is InChI=1S/C24H19N3O6/c28-19-11-9-16(10-12-19)21-20-22(33-26(21)17-7-4-8-18(13-17)27(31)32)24(30)25(23(20)29)14-15-5-2-1-3-6-15/h1-13,20-22,28H,14H2/t20-,21+,22+/m1/s1. The van der Waals surface area contributed by atoms with E-state index in [-0.39, 0.29) is 23.9 Å². The van der Waals surface area contributed by atoms with Gasteiger partial charge in [0.2, 0.25) is 5.91 Å². The van der Waals surface area contributed by atoms with Crippen molar-refractivity contribution < 1.29 is 24.5 Å². The molecule has 0 radical (unpaired) electrons. The van der Waals surface area contributed by atoms with Gasteiger partial charge in [0.1, 0.15) is 11.7 Å². The van der Waals surface area contributed by atoms with Crippen molar-refractivity contribution in [3.05, 3.63) is 100 Å². The van der Waals surface area contributed by atoms with E-state index in [1.165, 1.54) is 40.3 Å². The SMILES string of the molecule is O=C1[C@H]2[C@H](ON(c3cccc([N+](=O)[O-])c3)[C@H]2c2ccc(O)cc2)C(=O)N1Cc1ccccc1. The molecule has 2 saturated heterocycles. The first-order chi connectivity index (χ1) is 15.9. The number of nitro groups is 1. The van der Waals surface area contributed by atoms with Crippen LogP contribution in [0.1, 0.15) is 17.2 Å². The predicted octanol–water partition coefficient (Wildman–Crippen LogP) is 3.35. The van der Waals surface area contributed by atoms with Crippen molar-refractivity contribution in [2.75, 3.05) is 5.06 Å². The highest BCUT2D eigenvalue weighted by Crippen LogP contribution is 2.47. The highest BCUT2D eigenvalue weighted by Gasteiger charge is 2.59. The largest absolute Gasteiger partial charge is 0.508 e. The molecule has 0 spiro atoms. The normalized spacial score (nSPS) is 22.0. The van der Waals surface area contributed by atoms with E-state index < -0.39 is 28.9 Å². The monoisotopic (exact) mass is 445 g/mol. The van der Waals surface area contributed by atoms with Crippen LogP contribution < -0.4 is 5.06 Å². The first-order valence-electron chi connectivity index (χ1n) is 10.3. The van der Waals surface area contributed by atoms with Crippen molar-refractivity contribution in [1.82, 2.24) is 4.90 Å². The van der Waals surface area contributed by atoms with Crippen LogP contribution in [0, 0.1) is 16.0 Å². The number of aromatic hydroxyl groups is 1. The van der Waals surface area contributed by atoms with Gasteiger partial charge in [0.15, 0.2) is 6.10 Å². The number of nitro benzene ring substituents is 1. The summed E-state index contributed by atoms with van der Waals surface area (Å²) >= 11 is 0. The highest BCUT2D eigenvalue weighted by atomic mass is 16.7. The van der Waals surface area contributed by atoms with Crippen LogP contribution >= 0.6 is 0 Å². The topological polar surface area (TPSA) is 113 Å². The predicted molar refractivity (Wildman–Crippen MR) is 117 cm³/mol. The summed E-state index contributed by atoms with van der Waals surface area (Å²) in [5.74, 6) is -1.62. The molecule has 9 heteroatoms. The molecular formula is C24H19N3O6. The summed E-state index contributed by atoms with van der Waals surface area (Å²) in [6, 6.07) is 20.6. The lowest BCUT2D eigenvalue weighted by molar-refractivity contribution is -0.384. The number of likely N-dealkylation sites (tertiary alicyclic amines) is 1. The minimum Gasteiger partial charge on any atom is -0.508 e. The lowest BCUT2D eigenvalue weighted by atomic mass is 9.90. The number of carbonyl (C=O) groups is 2. The van der Waals surface area contributed by atoms with E-state index >= 15 is 0 Å². The van der Waals surface area contributed by atoms with Crippen molar-refractivity contribution in [1.29, 1.82) is 0 Å². The Bertz CT molecular complexity index is 1230. The molecule has 3 aromatic rings. The Balaban J connectivity index is 1.54.